The summed E-state index contributed by atoms with van der Waals surface area (Å²) in [6.45, 7) is 3.10. The standard InChI is InChI=1S/C11H12F3NO/c1-6-5-8(11(12,13)14)3-4-9(6)7(2)10(15)16/h3-5,7H,1-2H3,(H2,15,16). The highest BCUT2D eigenvalue weighted by Gasteiger charge is 2.31. The lowest BCUT2D eigenvalue weighted by Crippen LogP contribution is -2.19. The molecule has 0 aliphatic carbocycles. The van der Waals surface area contributed by atoms with Crippen molar-refractivity contribution in [3.8, 4) is 0 Å². The second-order valence-corrected chi connectivity index (χ2v) is 3.69. The summed E-state index contributed by atoms with van der Waals surface area (Å²) in [5.41, 5.74) is 5.33. The maximum atomic E-state index is 12.4. The van der Waals surface area contributed by atoms with Crippen LogP contribution in [0.15, 0.2) is 18.2 Å². The molecule has 5 heteroatoms. The van der Waals surface area contributed by atoms with Gasteiger partial charge in [-0.05, 0) is 37.1 Å². The number of benzene rings is 1. The van der Waals surface area contributed by atoms with Gasteiger partial charge in [-0.25, -0.2) is 0 Å². The Hall–Kier alpha value is -1.52. The highest BCUT2D eigenvalue weighted by Crippen LogP contribution is 2.31. The number of aryl methyl sites for hydroxylation is 1. The molecule has 0 heterocycles. The molecule has 1 aromatic rings. The normalized spacial score (nSPS) is 13.6. The summed E-state index contributed by atoms with van der Waals surface area (Å²) in [5.74, 6) is -1.13. The average Bonchev–Trinajstić information content (AvgIpc) is 2.15. The van der Waals surface area contributed by atoms with Gasteiger partial charge in [0.25, 0.3) is 0 Å². The quantitative estimate of drug-likeness (QED) is 0.835. The number of carbonyl (C=O) groups excluding carboxylic acids is 1. The monoisotopic (exact) mass is 231 g/mol. The minimum Gasteiger partial charge on any atom is -0.369 e. The smallest absolute Gasteiger partial charge is 0.369 e. The molecule has 88 valence electrons. The van der Waals surface area contributed by atoms with Crippen molar-refractivity contribution in [1.29, 1.82) is 0 Å². The lowest BCUT2D eigenvalue weighted by molar-refractivity contribution is -0.137. The van der Waals surface area contributed by atoms with Crippen LogP contribution in [0.3, 0.4) is 0 Å². The molecule has 1 atom stereocenters. The predicted octanol–water partition coefficient (Wildman–Crippen LogP) is 2.60. The summed E-state index contributed by atoms with van der Waals surface area (Å²) in [6.07, 6.45) is -4.36. The molecule has 1 unspecified atom stereocenters. The van der Waals surface area contributed by atoms with E-state index >= 15 is 0 Å². The van der Waals surface area contributed by atoms with Crippen LogP contribution in [0.2, 0.25) is 0 Å². The number of carbonyl (C=O) groups is 1. The summed E-state index contributed by atoms with van der Waals surface area (Å²) in [5, 5.41) is 0. The Bertz CT molecular complexity index is 412. The summed E-state index contributed by atoms with van der Waals surface area (Å²) in [6, 6.07) is 3.28. The van der Waals surface area contributed by atoms with Gasteiger partial charge in [-0.2, -0.15) is 13.2 Å². The fourth-order valence-corrected chi connectivity index (χ4v) is 1.49. The van der Waals surface area contributed by atoms with E-state index in [0.717, 1.165) is 12.1 Å². The zero-order valence-electron chi connectivity index (χ0n) is 8.93. The summed E-state index contributed by atoms with van der Waals surface area (Å²) >= 11 is 0. The third-order valence-corrected chi connectivity index (χ3v) is 2.49. The minimum atomic E-state index is -4.36. The first-order valence-corrected chi connectivity index (χ1v) is 4.70. The molecule has 0 aromatic heterocycles. The van der Waals surface area contributed by atoms with E-state index in [9.17, 15) is 18.0 Å². The van der Waals surface area contributed by atoms with Crippen LogP contribution in [0.25, 0.3) is 0 Å². The molecule has 0 radical (unpaired) electrons. The van der Waals surface area contributed by atoms with E-state index in [1.807, 2.05) is 0 Å². The number of rotatable bonds is 2. The molecule has 2 N–H and O–H groups in total. The van der Waals surface area contributed by atoms with Gasteiger partial charge in [-0.1, -0.05) is 6.07 Å². The van der Waals surface area contributed by atoms with Gasteiger partial charge in [0, 0.05) is 0 Å². The topological polar surface area (TPSA) is 43.1 Å². The van der Waals surface area contributed by atoms with Crippen LogP contribution in [-0.4, -0.2) is 5.91 Å². The highest BCUT2D eigenvalue weighted by molar-refractivity contribution is 5.81. The van der Waals surface area contributed by atoms with Gasteiger partial charge in [0.15, 0.2) is 0 Å². The third-order valence-electron chi connectivity index (χ3n) is 2.49. The van der Waals surface area contributed by atoms with Crippen LogP contribution < -0.4 is 5.73 Å². The van der Waals surface area contributed by atoms with Crippen molar-refractivity contribution in [2.24, 2.45) is 5.73 Å². The van der Waals surface area contributed by atoms with E-state index < -0.39 is 23.6 Å². The van der Waals surface area contributed by atoms with Crippen LogP contribution in [0.1, 0.15) is 29.5 Å². The van der Waals surface area contributed by atoms with Crippen LogP contribution in [0.4, 0.5) is 13.2 Å². The summed E-state index contributed by atoms with van der Waals surface area (Å²) in [7, 11) is 0. The Morgan fingerprint density at radius 1 is 1.38 bits per heavy atom. The number of nitrogens with two attached hydrogens (primary N) is 1. The van der Waals surface area contributed by atoms with Gasteiger partial charge in [0.05, 0.1) is 11.5 Å². The molecule has 0 saturated carbocycles. The van der Waals surface area contributed by atoms with Gasteiger partial charge in [-0.3, -0.25) is 4.79 Å². The average molecular weight is 231 g/mol. The maximum absolute atomic E-state index is 12.4. The lowest BCUT2D eigenvalue weighted by atomic mass is 9.94. The molecule has 2 nitrogen and oxygen atoms in total. The van der Waals surface area contributed by atoms with Crippen molar-refractivity contribution >= 4 is 5.91 Å². The zero-order chi connectivity index (χ0) is 12.5. The Kier molecular flexibility index (Phi) is 3.26. The van der Waals surface area contributed by atoms with E-state index in [0.29, 0.717) is 11.1 Å². The van der Waals surface area contributed by atoms with Crippen molar-refractivity contribution in [3.63, 3.8) is 0 Å². The number of alkyl halides is 3. The maximum Gasteiger partial charge on any atom is 0.416 e. The SMILES string of the molecule is Cc1cc(C(F)(F)F)ccc1C(C)C(N)=O. The van der Waals surface area contributed by atoms with Crippen LogP contribution in [-0.2, 0) is 11.0 Å². The first-order valence-electron chi connectivity index (χ1n) is 4.70. The van der Waals surface area contributed by atoms with Crippen LogP contribution >= 0.6 is 0 Å². The molecule has 0 fully saturated rings. The Morgan fingerprint density at radius 2 is 1.94 bits per heavy atom. The molecule has 0 bridgehead atoms. The molecule has 1 amide bonds. The number of hydrogen-bond donors (Lipinski definition) is 1. The first kappa shape index (κ1) is 12.5. The van der Waals surface area contributed by atoms with Crippen LogP contribution in [0.5, 0.6) is 0 Å². The van der Waals surface area contributed by atoms with Crippen molar-refractivity contribution in [3.05, 3.63) is 34.9 Å². The van der Waals surface area contributed by atoms with E-state index in [4.69, 9.17) is 5.73 Å². The van der Waals surface area contributed by atoms with Gasteiger partial charge >= 0.3 is 6.18 Å². The van der Waals surface area contributed by atoms with Gasteiger partial charge in [0.2, 0.25) is 5.91 Å². The van der Waals surface area contributed by atoms with Gasteiger partial charge in [0.1, 0.15) is 0 Å². The zero-order valence-corrected chi connectivity index (χ0v) is 8.93. The molecular weight excluding hydrogens is 219 g/mol. The van der Waals surface area contributed by atoms with Crippen LogP contribution in [0, 0.1) is 6.92 Å². The Morgan fingerprint density at radius 3 is 2.31 bits per heavy atom. The van der Waals surface area contributed by atoms with E-state index in [1.54, 1.807) is 6.92 Å². The lowest BCUT2D eigenvalue weighted by Gasteiger charge is -2.14. The van der Waals surface area contributed by atoms with Gasteiger partial charge in [-0.15, -0.1) is 0 Å². The van der Waals surface area contributed by atoms with Crippen molar-refractivity contribution in [2.45, 2.75) is 25.9 Å². The fourth-order valence-electron chi connectivity index (χ4n) is 1.49. The second kappa shape index (κ2) is 4.15. The molecule has 16 heavy (non-hydrogen) atoms. The van der Waals surface area contributed by atoms with Crippen molar-refractivity contribution < 1.29 is 18.0 Å². The number of primary amides is 1. The molecule has 0 aliphatic heterocycles. The predicted molar refractivity (Wildman–Crippen MR) is 53.8 cm³/mol. The molecule has 1 aromatic carbocycles. The molecule has 0 aliphatic rings. The Balaban J connectivity index is 3.15. The molecule has 0 spiro atoms. The van der Waals surface area contributed by atoms with Gasteiger partial charge < -0.3 is 5.73 Å². The third kappa shape index (κ3) is 2.53. The van der Waals surface area contributed by atoms with Crippen molar-refractivity contribution in [2.75, 3.05) is 0 Å². The molecule has 0 saturated heterocycles. The summed E-state index contributed by atoms with van der Waals surface area (Å²) in [4.78, 5) is 10.9. The first-order chi connectivity index (χ1) is 7.23. The Labute approximate surface area is 91.3 Å². The molecule has 1 rings (SSSR count). The largest absolute Gasteiger partial charge is 0.416 e. The van der Waals surface area contributed by atoms with E-state index in [1.165, 1.54) is 13.0 Å². The van der Waals surface area contributed by atoms with E-state index in [2.05, 4.69) is 0 Å². The second-order valence-electron chi connectivity index (χ2n) is 3.69. The van der Waals surface area contributed by atoms with Crippen molar-refractivity contribution in [1.82, 2.24) is 0 Å². The summed E-state index contributed by atoms with van der Waals surface area (Å²) < 4.78 is 37.1. The number of hydrogen-bond acceptors (Lipinski definition) is 1. The number of amides is 1. The highest BCUT2D eigenvalue weighted by atomic mass is 19.4. The molecular formula is C11H12F3NO. The fraction of sp³-hybridized carbons (Fsp3) is 0.364. The minimum absolute atomic E-state index is 0.418. The number of halogens is 3. The van der Waals surface area contributed by atoms with E-state index in [-0.39, 0.29) is 0 Å².